The van der Waals surface area contributed by atoms with Crippen LogP contribution >= 0.6 is 11.6 Å². The molecule has 1 aromatic heterocycles. The third-order valence-electron chi connectivity index (χ3n) is 3.40. The molecule has 0 aliphatic heterocycles. The minimum Gasteiger partial charge on any atom is -0.381 e. The summed E-state index contributed by atoms with van der Waals surface area (Å²) in [6, 6.07) is 3.79. The monoisotopic (exact) mass is 317 g/mol. The number of aryl methyl sites for hydroxylation is 2. The molecule has 1 N–H and O–H groups in total. The van der Waals surface area contributed by atoms with E-state index in [9.17, 15) is 13.2 Å². The summed E-state index contributed by atoms with van der Waals surface area (Å²) in [5.74, 6) is 0. The van der Waals surface area contributed by atoms with E-state index in [0.717, 1.165) is 23.0 Å². The number of nitrogens with zero attached hydrogens (tertiary/aromatic N) is 2. The molecule has 3 nitrogen and oxygen atoms in total. The third kappa shape index (κ3) is 3.32. The maximum atomic E-state index is 12.8. The van der Waals surface area contributed by atoms with Crippen molar-refractivity contribution in [1.82, 2.24) is 9.78 Å². The summed E-state index contributed by atoms with van der Waals surface area (Å²) in [4.78, 5) is 0. The zero-order chi connectivity index (χ0) is 15.8. The van der Waals surface area contributed by atoms with Crippen LogP contribution in [0.1, 0.15) is 22.5 Å². The number of hydrogen-bond donors (Lipinski definition) is 1. The molecule has 0 unspecified atom stereocenters. The SMILES string of the molecule is Cc1nn(C)c(C)c1CNc1ccc(Cl)c(C(F)(F)F)c1. The summed E-state index contributed by atoms with van der Waals surface area (Å²) in [5, 5.41) is 6.95. The van der Waals surface area contributed by atoms with Crippen LogP contribution in [-0.2, 0) is 19.8 Å². The second-order valence-corrected chi connectivity index (χ2v) is 5.23. The van der Waals surface area contributed by atoms with Crippen molar-refractivity contribution in [3.05, 3.63) is 45.7 Å². The molecule has 0 radical (unpaired) electrons. The van der Waals surface area contributed by atoms with Gasteiger partial charge in [-0.2, -0.15) is 18.3 Å². The van der Waals surface area contributed by atoms with Gasteiger partial charge in [-0.25, -0.2) is 0 Å². The van der Waals surface area contributed by atoms with Crippen LogP contribution in [0.25, 0.3) is 0 Å². The summed E-state index contributed by atoms with van der Waals surface area (Å²) in [5.41, 5.74) is 2.33. The smallest absolute Gasteiger partial charge is 0.381 e. The average Bonchev–Trinajstić information content (AvgIpc) is 2.61. The van der Waals surface area contributed by atoms with Crippen LogP contribution in [0, 0.1) is 13.8 Å². The van der Waals surface area contributed by atoms with Gasteiger partial charge >= 0.3 is 6.18 Å². The van der Waals surface area contributed by atoms with Gasteiger partial charge in [-0.05, 0) is 32.0 Å². The van der Waals surface area contributed by atoms with Crippen LogP contribution in [0.3, 0.4) is 0 Å². The van der Waals surface area contributed by atoms with E-state index < -0.39 is 11.7 Å². The number of aromatic nitrogens is 2. The van der Waals surface area contributed by atoms with Crippen LogP contribution in [0.2, 0.25) is 5.02 Å². The number of hydrogen-bond acceptors (Lipinski definition) is 2. The number of halogens is 4. The fourth-order valence-electron chi connectivity index (χ4n) is 2.12. The Morgan fingerprint density at radius 3 is 2.48 bits per heavy atom. The zero-order valence-electron chi connectivity index (χ0n) is 11.8. The van der Waals surface area contributed by atoms with Gasteiger partial charge in [0.15, 0.2) is 0 Å². The second kappa shape index (κ2) is 5.60. The van der Waals surface area contributed by atoms with E-state index in [1.807, 2.05) is 20.9 Å². The molecular formula is C14H15ClF3N3. The highest BCUT2D eigenvalue weighted by molar-refractivity contribution is 6.31. The quantitative estimate of drug-likeness (QED) is 0.913. The van der Waals surface area contributed by atoms with Crippen LogP contribution in [0.4, 0.5) is 18.9 Å². The maximum Gasteiger partial charge on any atom is 0.417 e. The fraction of sp³-hybridized carbons (Fsp3) is 0.357. The molecular weight excluding hydrogens is 303 g/mol. The van der Waals surface area contributed by atoms with E-state index in [1.165, 1.54) is 12.1 Å². The molecule has 7 heteroatoms. The number of nitrogens with one attached hydrogen (secondary N) is 1. The van der Waals surface area contributed by atoms with Crippen molar-refractivity contribution >= 4 is 17.3 Å². The second-order valence-electron chi connectivity index (χ2n) is 4.82. The van der Waals surface area contributed by atoms with Gasteiger partial charge in [-0.1, -0.05) is 11.6 Å². The summed E-state index contributed by atoms with van der Waals surface area (Å²) < 4.78 is 40.1. The van der Waals surface area contributed by atoms with E-state index in [-0.39, 0.29) is 5.02 Å². The van der Waals surface area contributed by atoms with Crippen molar-refractivity contribution in [1.29, 1.82) is 0 Å². The topological polar surface area (TPSA) is 29.9 Å². The van der Waals surface area contributed by atoms with Gasteiger partial charge in [0.05, 0.1) is 16.3 Å². The predicted molar refractivity (Wildman–Crippen MR) is 76.5 cm³/mol. The highest BCUT2D eigenvalue weighted by Gasteiger charge is 2.33. The lowest BCUT2D eigenvalue weighted by molar-refractivity contribution is -0.137. The summed E-state index contributed by atoms with van der Waals surface area (Å²) in [7, 11) is 1.83. The molecule has 2 rings (SSSR count). The number of alkyl halides is 3. The molecule has 1 aromatic carbocycles. The Kier molecular flexibility index (Phi) is 4.18. The van der Waals surface area contributed by atoms with Crippen LogP contribution in [-0.4, -0.2) is 9.78 Å². The average molecular weight is 318 g/mol. The molecule has 21 heavy (non-hydrogen) atoms. The first-order valence-corrected chi connectivity index (χ1v) is 6.67. The van der Waals surface area contributed by atoms with Crippen molar-refractivity contribution in [2.45, 2.75) is 26.6 Å². The van der Waals surface area contributed by atoms with Gasteiger partial charge < -0.3 is 5.32 Å². The molecule has 0 saturated carbocycles. The lowest BCUT2D eigenvalue weighted by Crippen LogP contribution is -2.08. The first kappa shape index (κ1) is 15.7. The largest absolute Gasteiger partial charge is 0.417 e. The minimum atomic E-state index is -4.46. The van der Waals surface area contributed by atoms with Crippen molar-refractivity contribution in [2.75, 3.05) is 5.32 Å². The third-order valence-corrected chi connectivity index (χ3v) is 3.73. The van der Waals surface area contributed by atoms with Crippen molar-refractivity contribution < 1.29 is 13.2 Å². The Hall–Kier alpha value is -1.69. The zero-order valence-corrected chi connectivity index (χ0v) is 12.6. The van der Waals surface area contributed by atoms with Crippen molar-refractivity contribution in [3.8, 4) is 0 Å². The van der Waals surface area contributed by atoms with Gasteiger partial charge in [0.25, 0.3) is 0 Å². The van der Waals surface area contributed by atoms with Crippen LogP contribution < -0.4 is 5.32 Å². The Bertz CT molecular complexity index is 662. The van der Waals surface area contributed by atoms with Gasteiger partial charge in [0.1, 0.15) is 0 Å². The highest BCUT2D eigenvalue weighted by atomic mass is 35.5. The van der Waals surface area contributed by atoms with Gasteiger partial charge in [0, 0.05) is 30.5 Å². The van der Waals surface area contributed by atoms with E-state index in [2.05, 4.69) is 10.4 Å². The molecule has 0 spiro atoms. The van der Waals surface area contributed by atoms with Gasteiger partial charge in [-0.3, -0.25) is 4.68 Å². The Balaban J connectivity index is 2.21. The molecule has 0 amide bonds. The fourth-order valence-corrected chi connectivity index (χ4v) is 2.34. The normalized spacial score (nSPS) is 11.8. The van der Waals surface area contributed by atoms with Gasteiger partial charge in [0.2, 0.25) is 0 Å². The van der Waals surface area contributed by atoms with E-state index in [1.54, 1.807) is 4.68 Å². The molecule has 0 saturated heterocycles. The molecule has 0 bridgehead atoms. The molecule has 1 heterocycles. The van der Waals surface area contributed by atoms with E-state index >= 15 is 0 Å². The number of benzene rings is 1. The Labute approximate surface area is 125 Å². The first-order valence-electron chi connectivity index (χ1n) is 6.30. The first-order chi connectivity index (χ1) is 9.70. The van der Waals surface area contributed by atoms with E-state index in [0.29, 0.717) is 12.2 Å². The standard InChI is InChI=1S/C14H15ClF3N3/c1-8-11(9(2)21(3)20-8)7-19-10-4-5-13(15)12(6-10)14(16,17)18/h4-6,19H,7H2,1-3H3. The van der Waals surface area contributed by atoms with E-state index in [4.69, 9.17) is 11.6 Å². The minimum absolute atomic E-state index is 0.304. The Morgan fingerprint density at radius 1 is 1.29 bits per heavy atom. The summed E-state index contributed by atoms with van der Waals surface area (Å²) in [6.07, 6.45) is -4.46. The highest BCUT2D eigenvalue weighted by Crippen LogP contribution is 2.36. The molecule has 0 aliphatic carbocycles. The molecule has 0 aliphatic rings. The molecule has 0 atom stereocenters. The summed E-state index contributed by atoms with van der Waals surface area (Å²) >= 11 is 5.59. The molecule has 2 aromatic rings. The van der Waals surface area contributed by atoms with Gasteiger partial charge in [-0.15, -0.1) is 0 Å². The lowest BCUT2D eigenvalue weighted by atomic mass is 10.1. The Morgan fingerprint density at radius 2 is 1.95 bits per heavy atom. The molecule has 114 valence electrons. The maximum absolute atomic E-state index is 12.8. The van der Waals surface area contributed by atoms with Crippen LogP contribution in [0.15, 0.2) is 18.2 Å². The molecule has 0 fully saturated rings. The lowest BCUT2D eigenvalue weighted by Gasteiger charge is -2.12. The van der Waals surface area contributed by atoms with Crippen molar-refractivity contribution in [2.24, 2.45) is 7.05 Å². The number of anilines is 1. The predicted octanol–water partition coefficient (Wildman–Crippen LogP) is 4.32. The number of rotatable bonds is 3. The summed E-state index contributed by atoms with van der Waals surface area (Å²) in [6.45, 7) is 4.19. The van der Waals surface area contributed by atoms with Crippen LogP contribution in [0.5, 0.6) is 0 Å². The van der Waals surface area contributed by atoms with Crippen molar-refractivity contribution in [3.63, 3.8) is 0 Å².